The maximum Gasteiger partial charge on any atom is 0.337 e. The van der Waals surface area contributed by atoms with Crippen LogP contribution in [0, 0.1) is 0 Å². The zero-order valence-corrected chi connectivity index (χ0v) is 9.01. The van der Waals surface area contributed by atoms with Crippen molar-refractivity contribution in [2.45, 2.75) is 0 Å². The van der Waals surface area contributed by atoms with E-state index in [0.717, 1.165) is 15.9 Å². The molecule has 0 spiro atoms. The fraction of sp³-hybridized carbons (Fsp3) is 0.0833. The summed E-state index contributed by atoms with van der Waals surface area (Å²) in [5.41, 5.74) is 1.41. The average molecular weight is 220 g/mol. The Morgan fingerprint density at radius 3 is 2.94 bits per heavy atom. The van der Waals surface area contributed by atoms with Gasteiger partial charge in [-0.25, -0.2) is 10.0 Å². The van der Waals surface area contributed by atoms with E-state index in [9.17, 15) is 4.79 Å². The van der Waals surface area contributed by atoms with E-state index in [4.69, 9.17) is 5.21 Å². The SMILES string of the molecule is C=c1ccc(C(=O)OC)c/c1=C/C=C\[NH2+]O. The van der Waals surface area contributed by atoms with Gasteiger partial charge in [-0.3, -0.25) is 0 Å². The molecule has 0 atom stereocenters. The van der Waals surface area contributed by atoms with Gasteiger partial charge in [-0.1, -0.05) is 12.6 Å². The van der Waals surface area contributed by atoms with E-state index >= 15 is 0 Å². The molecule has 4 heteroatoms. The van der Waals surface area contributed by atoms with Gasteiger partial charge in [0.25, 0.3) is 0 Å². The minimum absolute atomic E-state index is 0.382. The molecule has 16 heavy (non-hydrogen) atoms. The van der Waals surface area contributed by atoms with Gasteiger partial charge in [0, 0.05) is 0 Å². The number of ether oxygens (including phenoxy) is 1. The molecular formula is C12H14NO3+. The number of quaternary nitrogens is 1. The highest BCUT2D eigenvalue weighted by molar-refractivity contribution is 5.89. The molecule has 0 aromatic heterocycles. The van der Waals surface area contributed by atoms with Gasteiger partial charge in [-0.05, 0) is 34.7 Å². The number of benzene rings is 1. The maximum absolute atomic E-state index is 11.3. The molecule has 0 aliphatic rings. The Labute approximate surface area is 93.1 Å². The Bertz CT molecular complexity index is 505. The summed E-state index contributed by atoms with van der Waals surface area (Å²) in [5, 5.41) is 10.1. The van der Waals surface area contributed by atoms with Gasteiger partial charge in [0.15, 0.2) is 0 Å². The van der Waals surface area contributed by atoms with Crippen LogP contribution >= 0.6 is 0 Å². The van der Waals surface area contributed by atoms with E-state index in [1.54, 1.807) is 30.4 Å². The molecule has 1 rings (SSSR count). The first-order chi connectivity index (χ1) is 7.69. The number of nitrogens with two attached hydrogens (primary N) is 1. The average Bonchev–Trinajstić information content (AvgIpc) is 2.31. The summed E-state index contributed by atoms with van der Waals surface area (Å²) in [7, 11) is 1.34. The fourth-order valence-electron chi connectivity index (χ4n) is 1.20. The molecule has 0 unspecified atom stereocenters. The molecule has 0 saturated carbocycles. The summed E-state index contributed by atoms with van der Waals surface area (Å²) in [6.07, 6.45) is 4.89. The number of esters is 1. The Balaban J connectivity index is 3.19. The number of methoxy groups -OCH3 is 1. The molecule has 0 aliphatic carbocycles. The topological polar surface area (TPSA) is 63.1 Å². The monoisotopic (exact) mass is 220 g/mol. The highest BCUT2D eigenvalue weighted by atomic mass is 16.5. The molecule has 0 heterocycles. The minimum Gasteiger partial charge on any atom is -0.465 e. The van der Waals surface area contributed by atoms with Crippen LogP contribution < -0.4 is 15.9 Å². The van der Waals surface area contributed by atoms with Crippen LogP contribution in [0.15, 0.2) is 30.5 Å². The van der Waals surface area contributed by atoms with Crippen molar-refractivity contribution >= 4 is 18.6 Å². The molecule has 0 aliphatic heterocycles. The number of hydrogen-bond acceptors (Lipinski definition) is 3. The molecule has 4 nitrogen and oxygen atoms in total. The Morgan fingerprint density at radius 1 is 1.56 bits per heavy atom. The highest BCUT2D eigenvalue weighted by Gasteiger charge is 2.03. The van der Waals surface area contributed by atoms with Gasteiger partial charge < -0.3 is 4.74 Å². The van der Waals surface area contributed by atoms with Crippen molar-refractivity contribution in [2.24, 2.45) is 0 Å². The number of carbonyl (C=O) groups is 1. The van der Waals surface area contributed by atoms with Gasteiger partial charge in [0.2, 0.25) is 0 Å². The van der Waals surface area contributed by atoms with Crippen LogP contribution in [-0.2, 0) is 4.74 Å². The first kappa shape index (κ1) is 12.2. The largest absolute Gasteiger partial charge is 0.465 e. The molecule has 1 aromatic carbocycles. The summed E-state index contributed by atoms with van der Waals surface area (Å²) < 4.78 is 4.62. The summed E-state index contributed by atoms with van der Waals surface area (Å²) in [5.74, 6) is -0.382. The molecule has 3 N–H and O–H groups in total. The molecular weight excluding hydrogens is 206 g/mol. The van der Waals surface area contributed by atoms with E-state index in [1.165, 1.54) is 13.3 Å². The predicted molar refractivity (Wildman–Crippen MR) is 59.9 cm³/mol. The molecule has 0 amide bonds. The summed E-state index contributed by atoms with van der Waals surface area (Å²) in [6, 6.07) is 5.10. The normalized spacial score (nSPS) is 12.0. The lowest BCUT2D eigenvalue weighted by atomic mass is 10.1. The Morgan fingerprint density at radius 2 is 2.31 bits per heavy atom. The Kier molecular flexibility index (Phi) is 4.44. The number of rotatable bonds is 3. The summed E-state index contributed by atoms with van der Waals surface area (Å²) >= 11 is 0. The smallest absolute Gasteiger partial charge is 0.337 e. The van der Waals surface area contributed by atoms with Crippen molar-refractivity contribution in [1.82, 2.24) is 0 Å². The van der Waals surface area contributed by atoms with E-state index in [-0.39, 0.29) is 5.97 Å². The first-order valence-corrected chi connectivity index (χ1v) is 4.70. The van der Waals surface area contributed by atoms with Crippen molar-refractivity contribution in [3.05, 3.63) is 46.5 Å². The number of hydroxylamine groups is 1. The molecule has 1 aromatic rings. The third-order valence-corrected chi connectivity index (χ3v) is 2.04. The quantitative estimate of drug-likeness (QED) is 0.514. The second-order valence-corrected chi connectivity index (χ2v) is 3.11. The van der Waals surface area contributed by atoms with E-state index < -0.39 is 0 Å². The predicted octanol–water partition coefficient (Wildman–Crippen LogP) is -0.870. The zero-order chi connectivity index (χ0) is 12.0. The second-order valence-electron chi connectivity index (χ2n) is 3.11. The molecule has 0 saturated heterocycles. The van der Waals surface area contributed by atoms with Crippen LogP contribution in [-0.4, -0.2) is 18.3 Å². The zero-order valence-electron chi connectivity index (χ0n) is 9.01. The first-order valence-electron chi connectivity index (χ1n) is 4.70. The lowest BCUT2D eigenvalue weighted by Crippen LogP contribution is -2.73. The third kappa shape index (κ3) is 3.05. The van der Waals surface area contributed by atoms with Crippen LogP contribution in [0.5, 0.6) is 0 Å². The van der Waals surface area contributed by atoms with Crippen molar-refractivity contribution < 1.29 is 20.2 Å². The molecule has 0 bridgehead atoms. The maximum atomic E-state index is 11.3. The van der Waals surface area contributed by atoms with Gasteiger partial charge in [0.1, 0.15) is 6.20 Å². The van der Waals surface area contributed by atoms with Crippen molar-refractivity contribution in [3.63, 3.8) is 0 Å². The lowest BCUT2D eigenvalue weighted by molar-refractivity contribution is -0.838. The third-order valence-electron chi connectivity index (χ3n) is 2.04. The van der Waals surface area contributed by atoms with Gasteiger partial charge in [-0.15, -0.1) is 0 Å². The van der Waals surface area contributed by atoms with Gasteiger partial charge >= 0.3 is 5.97 Å². The Hall–Kier alpha value is -1.91. The van der Waals surface area contributed by atoms with Gasteiger partial charge in [0.05, 0.1) is 12.7 Å². The van der Waals surface area contributed by atoms with Crippen molar-refractivity contribution in [3.8, 4) is 0 Å². The molecule has 0 fully saturated rings. The van der Waals surface area contributed by atoms with Crippen LogP contribution in [0.1, 0.15) is 10.4 Å². The van der Waals surface area contributed by atoms with E-state index in [1.807, 2.05) is 0 Å². The second kappa shape index (κ2) is 5.85. The van der Waals surface area contributed by atoms with Crippen LogP contribution in [0.3, 0.4) is 0 Å². The van der Waals surface area contributed by atoms with Gasteiger partial charge in [-0.2, -0.15) is 5.48 Å². The van der Waals surface area contributed by atoms with Crippen LogP contribution in [0.2, 0.25) is 0 Å². The lowest BCUT2D eigenvalue weighted by Gasteiger charge is -1.98. The van der Waals surface area contributed by atoms with Crippen molar-refractivity contribution in [2.75, 3.05) is 7.11 Å². The minimum atomic E-state index is -0.382. The highest BCUT2D eigenvalue weighted by Crippen LogP contribution is 1.94. The fourth-order valence-corrected chi connectivity index (χ4v) is 1.20. The standard InChI is InChI=1S/C12H13NO3/c1-9-5-6-11(12(14)16-2)8-10(9)4-3-7-13-15/h3-8,13,15H,1H2,2H3/p+1/b7-3-,10-4-. The van der Waals surface area contributed by atoms with Crippen LogP contribution in [0.25, 0.3) is 12.7 Å². The number of carbonyl (C=O) groups excluding carboxylic acids is 1. The summed E-state index contributed by atoms with van der Waals surface area (Å²) in [6.45, 7) is 3.84. The van der Waals surface area contributed by atoms with Crippen molar-refractivity contribution in [1.29, 1.82) is 0 Å². The van der Waals surface area contributed by atoms with Crippen LogP contribution in [0.4, 0.5) is 0 Å². The number of hydrogen-bond donors (Lipinski definition) is 2. The van der Waals surface area contributed by atoms with E-state index in [0.29, 0.717) is 5.56 Å². The molecule has 0 radical (unpaired) electrons. The molecule has 84 valence electrons. The summed E-state index contributed by atoms with van der Waals surface area (Å²) in [4.78, 5) is 11.3. The van der Waals surface area contributed by atoms with E-state index in [2.05, 4.69) is 11.3 Å². The number of allylic oxidation sites excluding steroid dienone is 1.